The lowest BCUT2D eigenvalue weighted by Crippen LogP contribution is -2.43. The Balaban J connectivity index is 1.57. The van der Waals surface area contributed by atoms with Crippen LogP contribution in [0.1, 0.15) is 56.6 Å². The smallest absolute Gasteiger partial charge is 0.345 e. The number of nitrogens with one attached hydrogen (secondary N) is 1. The standard InChI is InChI=1S/C29H31N3O8S/c1-3-16-29(17-15-20-9-6-5-7-10-20)39-27(33)26(28(34)40-29)24(4-2)21-11-8-12-22(18-21)31-41(37,38)25-14-13-23(19-30-25)32(35)36/h5-14,18-19,24,31,33H,3-4,15-17H2,1-2H3. The van der Waals surface area contributed by atoms with E-state index in [1.165, 1.54) is 12.1 Å². The maximum absolute atomic E-state index is 13.4. The van der Waals surface area contributed by atoms with E-state index < -0.39 is 43.6 Å². The van der Waals surface area contributed by atoms with Crippen molar-refractivity contribution >= 4 is 27.4 Å². The van der Waals surface area contributed by atoms with Crippen molar-refractivity contribution in [1.82, 2.24) is 4.98 Å². The fourth-order valence-electron chi connectivity index (χ4n) is 4.82. The van der Waals surface area contributed by atoms with E-state index in [1.54, 1.807) is 12.1 Å². The summed E-state index contributed by atoms with van der Waals surface area (Å²) in [6.45, 7) is 3.75. The second-order valence-electron chi connectivity index (χ2n) is 9.66. The number of esters is 1. The van der Waals surface area contributed by atoms with Gasteiger partial charge < -0.3 is 14.6 Å². The summed E-state index contributed by atoms with van der Waals surface area (Å²) in [6, 6.07) is 18.1. The molecule has 0 saturated heterocycles. The van der Waals surface area contributed by atoms with Crippen LogP contribution < -0.4 is 4.72 Å². The molecule has 2 N–H and O–H groups in total. The van der Waals surface area contributed by atoms with Gasteiger partial charge in [0.25, 0.3) is 27.4 Å². The number of hydrogen-bond acceptors (Lipinski definition) is 9. The summed E-state index contributed by atoms with van der Waals surface area (Å²) in [5, 5.41) is 21.5. The van der Waals surface area contributed by atoms with Crippen LogP contribution in [0.15, 0.2) is 89.5 Å². The van der Waals surface area contributed by atoms with E-state index in [1.807, 2.05) is 44.2 Å². The van der Waals surface area contributed by atoms with Gasteiger partial charge in [-0.2, -0.15) is 8.42 Å². The molecular formula is C29H31N3O8S. The largest absolute Gasteiger partial charge is 0.480 e. The van der Waals surface area contributed by atoms with E-state index in [0.717, 1.165) is 23.9 Å². The molecule has 2 unspecified atom stereocenters. The lowest BCUT2D eigenvalue weighted by Gasteiger charge is -2.38. The molecule has 41 heavy (non-hydrogen) atoms. The van der Waals surface area contributed by atoms with Gasteiger partial charge in [-0.15, -0.1) is 0 Å². The second-order valence-corrected chi connectivity index (χ2v) is 11.3. The number of aromatic nitrogens is 1. The first-order valence-corrected chi connectivity index (χ1v) is 14.7. The van der Waals surface area contributed by atoms with Crippen molar-refractivity contribution in [1.29, 1.82) is 0 Å². The molecule has 0 amide bonds. The Hall–Kier alpha value is -4.45. The minimum atomic E-state index is -4.16. The van der Waals surface area contributed by atoms with Crippen molar-refractivity contribution in [3.8, 4) is 0 Å². The van der Waals surface area contributed by atoms with Crippen molar-refractivity contribution < 1.29 is 32.7 Å². The Kier molecular flexibility index (Phi) is 8.92. The van der Waals surface area contributed by atoms with Crippen LogP contribution in [0, 0.1) is 10.1 Å². The fourth-order valence-corrected chi connectivity index (χ4v) is 5.80. The predicted molar refractivity (Wildman–Crippen MR) is 150 cm³/mol. The molecular weight excluding hydrogens is 550 g/mol. The third-order valence-electron chi connectivity index (χ3n) is 6.78. The Morgan fingerprint density at radius 3 is 2.41 bits per heavy atom. The third-order valence-corrected chi connectivity index (χ3v) is 8.08. The molecule has 0 bridgehead atoms. The van der Waals surface area contributed by atoms with Crippen LogP contribution in [-0.2, 0) is 30.7 Å². The van der Waals surface area contributed by atoms with E-state index in [4.69, 9.17) is 9.47 Å². The van der Waals surface area contributed by atoms with E-state index in [0.29, 0.717) is 37.7 Å². The average Bonchev–Trinajstić information content (AvgIpc) is 2.94. The maximum Gasteiger partial charge on any atom is 0.345 e. The van der Waals surface area contributed by atoms with Crippen molar-refractivity contribution in [2.45, 2.75) is 62.7 Å². The predicted octanol–water partition coefficient (Wildman–Crippen LogP) is 5.76. The molecule has 216 valence electrons. The van der Waals surface area contributed by atoms with Crippen molar-refractivity contribution in [3.63, 3.8) is 0 Å². The number of aliphatic hydroxyl groups is 1. The molecule has 2 heterocycles. The number of rotatable bonds is 12. The highest BCUT2D eigenvalue weighted by molar-refractivity contribution is 7.92. The normalized spacial score (nSPS) is 17.9. The number of carbonyl (C=O) groups is 1. The zero-order valence-corrected chi connectivity index (χ0v) is 23.5. The number of pyridine rings is 1. The molecule has 2 aromatic carbocycles. The second kappa shape index (κ2) is 12.4. The first kappa shape index (κ1) is 29.5. The SMILES string of the molecule is CCCC1(CCc2ccccc2)OC(=O)C(C(CC)c2cccc(NS(=O)(=O)c3ccc([N+](=O)[O-])cn3)c2)=C(O)O1. The van der Waals surface area contributed by atoms with Crippen LogP contribution in [-0.4, -0.2) is 35.2 Å². The number of aryl methyl sites for hydroxylation is 1. The number of aliphatic hydroxyl groups excluding tert-OH is 1. The van der Waals surface area contributed by atoms with E-state index in [2.05, 4.69) is 9.71 Å². The zero-order chi connectivity index (χ0) is 29.6. The quantitative estimate of drug-likeness (QED) is 0.154. The number of carbonyl (C=O) groups excluding carboxylic acids is 1. The molecule has 0 fully saturated rings. The van der Waals surface area contributed by atoms with Gasteiger partial charge in [-0.1, -0.05) is 56.3 Å². The molecule has 0 spiro atoms. The molecule has 0 radical (unpaired) electrons. The lowest BCUT2D eigenvalue weighted by atomic mass is 9.88. The summed E-state index contributed by atoms with van der Waals surface area (Å²) in [6.07, 6.45) is 3.24. The average molecular weight is 582 g/mol. The Bertz CT molecular complexity index is 1540. The molecule has 4 rings (SSSR count). The van der Waals surface area contributed by atoms with E-state index in [-0.39, 0.29) is 16.9 Å². The van der Waals surface area contributed by atoms with Crippen LogP contribution in [0.25, 0.3) is 0 Å². The molecule has 1 aliphatic rings. The lowest BCUT2D eigenvalue weighted by molar-refractivity contribution is -0.385. The van der Waals surface area contributed by atoms with Crippen molar-refractivity contribution in [2.24, 2.45) is 0 Å². The summed E-state index contributed by atoms with van der Waals surface area (Å²) in [5.41, 5.74) is 1.38. The van der Waals surface area contributed by atoms with Crippen molar-refractivity contribution in [3.05, 3.63) is 106 Å². The van der Waals surface area contributed by atoms with Gasteiger partial charge in [0.05, 0.1) is 4.92 Å². The number of ether oxygens (including phenoxy) is 2. The van der Waals surface area contributed by atoms with Gasteiger partial charge >= 0.3 is 5.97 Å². The van der Waals surface area contributed by atoms with Gasteiger partial charge in [0.2, 0.25) is 0 Å². The van der Waals surface area contributed by atoms with Gasteiger partial charge in [-0.05, 0) is 48.6 Å². The number of cyclic esters (lactones) is 1. The third kappa shape index (κ3) is 6.83. The highest BCUT2D eigenvalue weighted by Crippen LogP contribution is 2.40. The number of nitrogens with zero attached hydrogens (tertiary/aromatic N) is 2. The molecule has 1 aromatic heterocycles. The summed E-state index contributed by atoms with van der Waals surface area (Å²) in [7, 11) is -4.16. The zero-order valence-electron chi connectivity index (χ0n) is 22.6. The first-order valence-electron chi connectivity index (χ1n) is 13.2. The number of nitro groups is 1. The van der Waals surface area contributed by atoms with Crippen LogP contribution in [0.3, 0.4) is 0 Å². The highest BCUT2D eigenvalue weighted by Gasteiger charge is 2.45. The van der Waals surface area contributed by atoms with Crippen LogP contribution in [0.5, 0.6) is 0 Å². The Labute approximate surface area is 238 Å². The number of benzene rings is 2. The number of sulfonamides is 1. The number of hydrogen-bond donors (Lipinski definition) is 2. The Morgan fingerprint density at radius 2 is 1.80 bits per heavy atom. The molecule has 2 atom stereocenters. The van der Waals surface area contributed by atoms with Crippen LogP contribution in [0.4, 0.5) is 11.4 Å². The summed E-state index contributed by atoms with van der Waals surface area (Å²) >= 11 is 0. The topological polar surface area (TPSA) is 158 Å². The molecule has 11 nitrogen and oxygen atoms in total. The maximum atomic E-state index is 13.4. The Morgan fingerprint density at radius 1 is 1.05 bits per heavy atom. The monoisotopic (exact) mass is 581 g/mol. The summed E-state index contributed by atoms with van der Waals surface area (Å²) in [4.78, 5) is 27.2. The first-order chi connectivity index (χ1) is 19.6. The van der Waals surface area contributed by atoms with Gasteiger partial charge in [0.1, 0.15) is 11.8 Å². The molecule has 1 aliphatic heterocycles. The highest BCUT2D eigenvalue weighted by atomic mass is 32.2. The number of anilines is 1. The van der Waals surface area contributed by atoms with Gasteiger partial charge in [0, 0.05) is 30.5 Å². The van der Waals surface area contributed by atoms with Gasteiger partial charge in [-0.25, -0.2) is 9.78 Å². The fraction of sp³-hybridized carbons (Fsp3) is 0.310. The molecule has 12 heteroatoms. The van der Waals surface area contributed by atoms with E-state index >= 15 is 0 Å². The molecule has 0 saturated carbocycles. The van der Waals surface area contributed by atoms with Crippen LogP contribution in [0.2, 0.25) is 0 Å². The van der Waals surface area contributed by atoms with Crippen molar-refractivity contribution in [2.75, 3.05) is 4.72 Å². The minimum absolute atomic E-state index is 0.0454. The van der Waals surface area contributed by atoms with Gasteiger partial charge in [0.15, 0.2) is 5.03 Å². The minimum Gasteiger partial charge on any atom is -0.480 e. The summed E-state index contributed by atoms with van der Waals surface area (Å²) < 4.78 is 39.9. The molecule has 3 aromatic rings. The van der Waals surface area contributed by atoms with E-state index in [9.17, 15) is 28.4 Å². The molecule has 0 aliphatic carbocycles. The van der Waals surface area contributed by atoms with Gasteiger partial charge in [-0.3, -0.25) is 14.8 Å². The van der Waals surface area contributed by atoms with Crippen LogP contribution >= 0.6 is 0 Å². The summed E-state index contributed by atoms with van der Waals surface area (Å²) in [5.74, 6) is -3.15.